The molecule has 9 heavy (non-hydrogen) atoms. The average molecular weight is 188 g/mol. The van der Waals surface area contributed by atoms with E-state index < -0.39 is 0 Å². The number of halogens is 1. The monoisotopic (exact) mass is 187 g/mol. The van der Waals surface area contributed by atoms with Crippen molar-refractivity contribution in [2.24, 2.45) is 5.73 Å². The first-order chi connectivity index (χ1) is 3.77. The van der Waals surface area contributed by atoms with Crippen molar-refractivity contribution in [1.29, 1.82) is 0 Å². The van der Waals surface area contributed by atoms with E-state index in [9.17, 15) is 0 Å². The van der Waals surface area contributed by atoms with Crippen LogP contribution in [0.4, 0.5) is 0 Å². The summed E-state index contributed by atoms with van der Waals surface area (Å²) < 4.78 is 0. The summed E-state index contributed by atoms with van der Waals surface area (Å²) in [6, 6.07) is 0. The minimum absolute atomic E-state index is 0. The summed E-state index contributed by atoms with van der Waals surface area (Å²) in [6.45, 7) is 0. The molecule has 0 saturated heterocycles. The van der Waals surface area contributed by atoms with Gasteiger partial charge in [0.2, 0.25) is 0 Å². The molecule has 0 aliphatic rings. The maximum Gasteiger partial charge on any atom is 0.0477 e. The smallest absolute Gasteiger partial charge is 0.0477 e. The van der Waals surface area contributed by atoms with Crippen LogP contribution in [0.5, 0.6) is 0 Å². The molecular weight excluding hydrogens is 174 g/mol. The molecule has 0 heterocycles. The zero-order chi connectivity index (χ0) is 6.41. The number of rotatable bonds is 4. The highest BCUT2D eigenvalue weighted by molar-refractivity contribution is 7.80. The van der Waals surface area contributed by atoms with Gasteiger partial charge in [0.1, 0.15) is 0 Å². The predicted octanol–water partition coefficient (Wildman–Crippen LogP) is 1.72. The minimum atomic E-state index is 0. The van der Waals surface area contributed by atoms with Crippen molar-refractivity contribution < 1.29 is 0 Å². The van der Waals surface area contributed by atoms with E-state index in [2.05, 4.69) is 25.3 Å². The van der Waals surface area contributed by atoms with E-state index in [-0.39, 0.29) is 17.8 Å². The first kappa shape index (κ1) is 12.6. The Morgan fingerprint density at radius 1 is 1.33 bits per heavy atom. The Hall–Kier alpha value is 0.950. The topological polar surface area (TPSA) is 26.0 Å². The number of hydrogen-bond donors (Lipinski definition) is 3. The minimum Gasteiger partial charge on any atom is -0.320 e. The van der Waals surface area contributed by atoms with Gasteiger partial charge in [0, 0.05) is 5.37 Å². The molecule has 0 aromatic heterocycles. The van der Waals surface area contributed by atoms with Crippen molar-refractivity contribution in [3.63, 3.8) is 0 Å². The Morgan fingerprint density at radius 2 is 1.89 bits per heavy atom. The van der Waals surface area contributed by atoms with Crippen LogP contribution in [0.3, 0.4) is 0 Å². The maximum atomic E-state index is 5.37. The van der Waals surface area contributed by atoms with Crippen LogP contribution in [0, 0.1) is 0 Å². The molecule has 58 valence electrons. The molecule has 0 spiro atoms. The molecule has 1 unspecified atom stereocenters. The van der Waals surface area contributed by atoms with Crippen molar-refractivity contribution in [2.75, 3.05) is 5.75 Å². The van der Waals surface area contributed by atoms with E-state index >= 15 is 0 Å². The molecule has 4 heteroatoms. The molecule has 0 radical (unpaired) electrons. The SMILES string of the molecule is Cl.NC(S)CCCCS. The predicted molar refractivity (Wildman–Crippen MR) is 51.9 cm³/mol. The third-order valence-electron chi connectivity index (χ3n) is 0.908. The Balaban J connectivity index is 0. The summed E-state index contributed by atoms with van der Waals surface area (Å²) in [5.41, 5.74) is 5.37. The van der Waals surface area contributed by atoms with Gasteiger partial charge in [-0.25, -0.2) is 0 Å². The summed E-state index contributed by atoms with van der Waals surface area (Å²) in [5, 5.41) is 0.0647. The zero-order valence-electron chi connectivity index (χ0n) is 5.29. The molecule has 0 aliphatic heterocycles. The number of nitrogens with two attached hydrogens (primary N) is 1. The summed E-state index contributed by atoms with van der Waals surface area (Å²) in [6.07, 6.45) is 3.30. The Kier molecular flexibility index (Phi) is 12.5. The second kappa shape index (κ2) is 8.95. The van der Waals surface area contributed by atoms with E-state index in [4.69, 9.17) is 5.73 Å². The van der Waals surface area contributed by atoms with Gasteiger partial charge in [-0.3, -0.25) is 0 Å². The normalized spacial score (nSPS) is 12.3. The van der Waals surface area contributed by atoms with E-state index in [1.165, 1.54) is 0 Å². The second-order valence-electron chi connectivity index (χ2n) is 1.79. The molecule has 0 aromatic carbocycles. The quantitative estimate of drug-likeness (QED) is 0.349. The maximum absolute atomic E-state index is 5.37. The standard InChI is InChI=1S/C5H13NS2.ClH/c6-5(8)3-1-2-4-7;/h5,7-8H,1-4,6H2;1H. The molecule has 0 bridgehead atoms. The van der Waals surface area contributed by atoms with Crippen LogP contribution in [0.1, 0.15) is 19.3 Å². The van der Waals surface area contributed by atoms with Gasteiger partial charge in [-0.2, -0.15) is 25.3 Å². The average Bonchev–Trinajstić information content (AvgIpc) is 1.66. The van der Waals surface area contributed by atoms with Crippen LogP contribution in [0.2, 0.25) is 0 Å². The highest BCUT2D eigenvalue weighted by Gasteiger charge is 1.91. The summed E-state index contributed by atoms with van der Waals surface area (Å²) in [4.78, 5) is 0. The van der Waals surface area contributed by atoms with Gasteiger partial charge >= 0.3 is 0 Å². The number of hydrogen-bond acceptors (Lipinski definition) is 3. The fraction of sp³-hybridized carbons (Fsp3) is 1.00. The lowest BCUT2D eigenvalue weighted by atomic mass is 10.2. The molecular formula is C5H14ClNS2. The molecule has 0 fully saturated rings. The fourth-order valence-corrected chi connectivity index (χ4v) is 0.871. The van der Waals surface area contributed by atoms with Crippen LogP contribution in [-0.2, 0) is 0 Å². The molecule has 0 amide bonds. The van der Waals surface area contributed by atoms with Crippen LogP contribution < -0.4 is 5.73 Å². The van der Waals surface area contributed by atoms with Gasteiger partial charge in [-0.15, -0.1) is 12.4 Å². The van der Waals surface area contributed by atoms with E-state index in [0.717, 1.165) is 25.0 Å². The lowest BCUT2D eigenvalue weighted by molar-refractivity contribution is 0.707. The molecule has 2 N–H and O–H groups in total. The van der Waals surface area contributed by atoms with Crippen LogP contribution in [0.15, 0.2) is 0 Å². The third kappa shape index (κ3) is 12.2. The Morgan fingerprint density at radius 3 is 2.22 bits per heavy atom. The largest absolute Gasteiger partial charge is 0.320 e. The summed E-state index contributed by atoms with van der Waals surface area (Å²) in [5.74, 6) is 0.959. The van der Waals surface area contributed by atoms with E-state index in [1.807, 2.05) is 0 Å². The van der Waals surface area contributed by atoms with Gasteiger partial charge in [-0.05, 0) is 18.6 Å². The van der Waals surface area contributed by atoms with Crippen LogP contribution >= 0.6 is 37.7 Å². The number of thiol groups is 2. The zero-order valence-corrected chi connectivity index (χ0v) is 7.89. The highest BCUT2D eigenvalue weighted by atomic mass is 35.5. The Bertz CT molecular complexity index is 52.2. The van der Waals surface area contributed by atoms with Gasteiger partial charge in [0.25, 0.3) is 0 Å². The van der Waals surface area contributed by atoms with Gasteiger partial charge in [-0.1, -0.05) is 6.42 Å². The number of unbranched alkanes of at least 4 members (excludes halogenated alkanes) is 1. The first-order valence-electron chi connectivity index (χ1n) is 2.82. The van der Waals surface area contributed by atoms with Crippen molar-refractivity contribution in [3.8, 4) is 0 Å². The van der Waals surface area contributed by atoms with Crippen LogP contribution in [0.25, 0.3) is 0 Å². The molecule has 0 rings (SSSR count). The van der Waals surface area contributed by atoms with Crippen molar-refractivity contribution in [3.05, 3.63) is 0 Å². The van der Waals surface area contributed by atoms with Gasteiger partial charge < -0.3 is 5.73 Å². The van der Waals surface area contributed by atoms with Crippen molar-refractivity contribution in [2.45, 2.75) is 24.6 Å². The van der Waals surface area contributed by atoms with E-state index in [1.54, 1.807) is 0 Å². The lowest BCUT2D eigenvalue weighted by Crippen LogP contribution is -2.10. The lowest BCUT2D eigenvalue weighted by Gasteiger charge is -2.00. The molecule has 0 saturated carbocycles. The second-order valence-corrected chi connectivity index (χ2v) is 2.90. The van der Waals surface area contributed by atoms with Crippen molar-refractivity contribution >= 4 is 37.7 Å². The fourth-order valence-electron chi connectivity index (χ4n) is 0.465. The summed E-state index contributed by atoms with van der Waals surface area (Å²) >= 11 is 8.08. The Labute approximate surface area is 74.0 Å². The molecule has 1 atom stereocenters. The van der Waals surface area contributed by atoms with Gasteiger partial charge in [0.15, 0.2) is 0 Å². The first-order valence-corrected chi connectivity index (χ1v) is 3.96. The molecule has 1 nitrogen and oxygen atoms in total. The van der Waals surface area contributed by atoms with E-state index in [0.29, 0.717) is 0 Å². The summed E-state index contributed by atoms with van der Waals surface area (Å²) in [7, 11) is 0. The molecule has 0 aliphatic carbocycles. The molecule has 0 aromatic rings. The highest BCUT2D eigenvalue weighted by Crippen LogP contribution is 2.01. The van der Waals surface area contributed by atoms with Crippen LogP contribution in [-0.4, -0.2) is 11.1 Å². The van der Waals surface area contributed by atoms with Gasteiger partial charge in [0.05, 0.1) is 0 Å². The van der Waals surface area contributed by atoms with Crippen molar-refractivity contribution in [1.82, 2.24) is 0 Å². The third-order valence-corrected chi connectivity index (χ3v) is 1.48.